The molecule has 27 heavy (non-hydrogen) atoms. The Labute approximate surface area is 156 Å². The second-order valence-corrected chi connectivity index (χ2v) is 5.91. The standard InChI is InChI=1S/C19H21N3O5/c1-22(12-14-5-4-10-26-14)18(23)9-8-17-20-19(21-27-17)13-6-7-15(24-2)16(11-13)25-3/h4-7,10-11H,8-9,12H2,1-3H3. The van der Waals surface area contributed by atoms with Crippen LogP contribution in [0.1, 0.15) is 18.1 Å². The van der Waals surface area contributed by atoms with E-state index in [2.05, 4.69) is 10.1 Å². The third-order valence-corrected chi connectivity index (χ3v) is 4.06. The van der Waals surface area contributed by atoms with Gasteiger partial charge in [0.25, 0.3) is 0 Å². The van der Waals surface area contributed by atoms with E-state index in [1.54, 1.807) is 50.6 Å². The molecule has 2 heterocycles. The molecule has 8 nitrogen and oxygen atoms in total. The van der Waals surface area contributed by atoms with E-state index in [0.29, 0.717) is 36.2 Å². The second-order valence-electron chi connectivity index (χ2n) is 5.91. The Morgan fingerprint density at radius 3 is 2.70 bits per heavy atom. The molecule has 0 aliphatic heterocycles. The molecule has 142 valence electrons. The minimum atomic E-state index is -0.0303. The molecule has 3 aromatic rings. The van der Waals surface area contributed by atoms with Crippen molar-refractivity contribution in [1.29, 1.82) is 0 Å². The average molecular weight is 371 g/mol. The summed E-state index contributed by atoms with van der Waals surface area (Å²) in [6.45, 7) is 0.423. The topological polar surface area (TPSA) is 90.8 Å². The number of hydrogen-bond acceptors (Lipinski definition) is 7. The van der Waals surface area contributed by atoms with Gasteiger partial charge in [0.15, 0.2) is 11.5 Å². The fraction of sp³-hybridized carbons (Fsp3) is 0.316. The van der Waals surface area contributed by atoms with Gasteiger partial charge in [0, 0.05) is 25.5 Å². The SMILES string of the molecule is COc1ccc(-c2noc(CCC(=O)N(C)Cc3ccco3)n2)cc1OC. The number of rotatable bonds is 8. The zero-order chi connectivity index (χ0) is 19.2. The first-order valence-corrected chi connectivity index (χ1v) is 8.42. The van der Waals surface area contributed by atoms with Crippen molar-refractivity contribution < 1.29 is 23.2 Å². The lowest BCUT2D eigenvalue weighted by Gasteiger charge is -2.14. The van der Waals surface area contributed by atoms with E-state index in [1.165, 1.54) is 0 Å². The third kappa shape index (κ3) is 4.46. The molecule has 0 bridgehead atoms. The summed E-state index contributed by atoms with van der Waals surface area (Å²) in [4.78, 5) is 18.2. The Morgan fingerprint density at radius 1 is 1.19 bits per heavy atom. The van der Waals surface area contributed by atoms with Gasteiger partial charge in [-0.1, -0.05) is 5.16 Å². The highest BCUT2D eigenvalue weighted by atomic mass is 16.5. The highest BCUT2D eigenvalue weighted by Crippen LogP contribution is 2.31. The van der Waals surface area contributed by atoms with E-state index in [4.69, 9.17) is 18.4 Å². The largest absolute Gasteiger partial charge is 0.493 e. The summed E-state index contributed by atoms with van der Waals surface area (Å²) in [7, 11) is 4.87. The molecule has 0 spiro atoms. The lowest BCUT2D eigenvalue weighted by Crippen LogP contribution is -2.26. The Kier molecular flexibility index (Phi) is 5.75. The number of aryl methyl sites for hydroxylation is 1. The molecule has 0 unspecified atom stereocenters. The van der Waals surface area contributed by atoms with Crippen LogP contribution in [0, 0.1) is 0 Å². The smallest absolute Gasteiger partial charge is 0.227 e. The van der Waals surface area contributed by atoms with E-state index in [1.807, 2.05) is 12.1 Å². The van der Waals surface area contributed by atoms with Crippen molar-refractivity contribution in [1.82, 2.24) is 15.0 Å². The van der Waals surface area contributed by atoms with Crippen LogP contribution in [-0.2, 0) is 17.8 Å². The molecule has 1 aromatic carbocycles. The molecule has 0 N–H and O–H groups in total. The van der Waals surface area contributed by atoms with E-state index >= 15 is 0 Å². The molecule has 8 heteroatoms. The van der Waals surface area contributed by atoms with Crippen LogP contribution in [0.5, 0.6) is 11.5 Å². The highest BCUT2D eigenvalue weighted by Gasteiger charge is 2.15. The average Bonchev–Trinajstić information content (AvgIpc) is 3.37. The van der Waals surface area contributed by atoms with Gasteiger partial charge in [0.05, 0.1) is 27.0 Å². The summed E-state index contributed by atoms with van der Waals surface area (Å²) < 4.78 is 21.0. The van der Waals surface area contributed by atoms with Gasteiger partial charge in [-0.15, -0.1) is 0 Å². The van der Waals surface area contributed by atoms with E-state index in [0.717, 1.165) is 11.3 Å². The molecule has 3 rings (SSSR count). The fourth-order valence-corrected chi connectivity index (χ4v) is 2.58. The number of amides is 1. The van der Waals surface area contributed by atoms with Crippen LogP contribution in [0.25, 0.3) is 11.4 Å². The van der Waals surface area contributed by atoms with E-state index in [-0.39, 0.29) is 12.3 Å². The van der Waals surface area contributed by atoms with Crippen molar-refractivity contribution in [2.45, 2.75) is 19.4 Å². The van der Waals surface area contributed by atoms with Crippen LogP contribution in [0.4, 0.5) is 0 Å². The third-order valence-electron chi connectivity index (χ3n) is 4.06. The first-order chi connectivity index (χ1) is 13.1. The van der Waals surface area contributed by atoms with Crippen LogP contribution < -0.4 is 9.47 Å². The number of nitrogens with zero attached hydrogens (tertiary/aromatic N) is 3. The summed E-state index contributed by atoms with van der Waals surface area (Å²) in [6.07, 6.45) is 2.22. The Balaban J connectivity index is 1.60. The molecule has 0 saturated carbocycles. The first-order valence-electron chi connectivity index (χ1n) is 8.42. The number of carbonyl (C=O) groups is 1. The molecule has 0 fully saturated rings. The minimum absolute atomic E-state index is 0.0303. The first kappa shape index (κ1) is 18.5. The monoisotopic (exact) mass is 371 g/mol. The number of aromatic nitrogens is 2. The normalized spacial score (nSPS) is 10.6. The van der Waals surface area contributed by atoms with Gasteiger partial charge >= 0.3 is 0 Å². The van der Waals surface area contributed by atoms with Crippen molar-refractivity contribution in [3.63, 3.8) is 0 Å². The van der Waals surface area contributed by atoms with Crippen LogP contribution >= 0.6 is 0 Å². The molecule has 2 aromatic heterocycles. The fourth-order valence-electron chi connectivity index (χ4n) is 2.58. The number of hydrogen-bond donors (Lipinski definition) is 0. The Hall–Kier alpha value is -3.29. The van der Waals surface area contributed by atoms with Crippen LogP contribution in [-0.4, -0.2) is 42.2 Å². The van der Waals surface area contributed by atoms with Gasteiger partial charge < -0.3 is 23.3 Å². The predicted octanol–water partition coefficient (Wildman–Crippen LogP) is 2.94. The van der Waals surface area contributed by atoms with Gasteiger partial charge in [-0.2, -0.15) is 4.98 Å². The van der Waals surface area contributed by atoms with Crippen LogP contribution in [0.15, 0.2) is 45.5 Å². The van der Waals surface area contributed by atoms with Crippen molar-refractivity contribution in [2.24, 2.45) is 0 Å². The van der Waals surface area contributed by atoms with E-state index in [9.17, 15) is 4.79 Å². The number of benzene rings is 1. The molecule has 0 saturated heterocycles. The molecular formula is C19H21N3O5. The van der Waals surface area contributed by atoms with Crippen LogP contribution in [0.3, 0.4) is 0 Å². The van der Waals surface area contributed by atoms with Gasteiger partial charge in [-0.3, -0.25) is 4.79 Å². The number of carbonyl (C=O) groups excluding carboxylic acids is 1. The molecule has 0 atom stereocenters. The summed E-state index contributed by atoms with van der Waals surface area (Å²) in [5.41, 5.74) is 0.740. The van der Waals surface area contributed by atoms with Gasteiger partial charge in [0.1, 0.15) is 5.76 Å². The van der Waals surface area contributed by atoms with Crippen molar-refractivity contribution >= 4 is 5.91 Å². The number of ether oxygens (including phenoxy) is 2. The molecular weight excluding hydrogens is 350 g/mol. The second kappa shape index (κ2) is 8.39. The molecule has 0 aliphatic rings. The Bertz CT molecular complexity index is 889. The lowest BCUT2D eigenvalue weighted by molar-refractivity contribution is -0.130. The maximum atomic E-state index is 12.2. The Morgan fingerprint density at radius 2 is 2.00 bits per heavy atom. The molecule has 0 aliphatic carbocycles. The molecule has 1 amide bonds. The van der Waals surface area contributed by atoms with Crippen molar-refractivity contribution in [2.75, 3.05) is 21.3 Å². The minimum Gasteiger partial charge on any atom is -0.493 e. The van der Waals surface area contributed by atoms with Gasteiger partial charge in [-0.25, -0.2) is 0 Å². The number of methoxy groups -OCH3 is 2. The summed E-state index contributed by atoms with van der Waals surface area (Å²) in [5.74, 6) is 2.74. The van der Waals surface area contributed by atoms with Crippen LogP contribution in [0.2, 0.25) is 0 Å². The summed E-state index contributed by atoms with van der Waals surface area (Å²) in [6, 6.07) is 8.99. The zero-order valence-electron chi connectivity index (χ0n) is 15.5. The van der Waals surface area contributed by atoms with Gasteiger partial charge in [0.2, 0.25) is 17.6 Å². The quantitative estimate of drug-likeness (QED) is 0.601. The molecule has 0 radical (unpaired) electrons. The predicted molar refractivity (Wildman–Crippen MR) is 96.3 cm³/mol. The summed E-state index contributed by atoms with van der Waals surface area (Å²) >= 11 is 0. The maximum Gasteiger partial charge on any atom is 0.227 e. The summed E-state index contributed by atoms with van der Waals surface area (Å²) in [5, 5.41) is 3.98. The van der Waals surface area contributed by atoms with Crippen molar-refractivity contribution in [3.8, 4) is 22.9 Å². The zero-order valence-corrected chi connectivity index (χ0v) is 15.5. The van der Waals surface area contributed by atoms with Gasteiger partial charge in [-0.05, 0) is 30.3 Å². The highest BCUT2D eigenvalue weighted by molar-refractivity contribution is 5.76. The maximum absolute atomic E-state index is 12.2. The van der Waals surface area contributed by atoms with E-state index < -0.39 is 0 Å². The van der Waals surface area contributed by atoms with Crippen molar-refractivity contribution in [3.05, 3.63) is 48.2 Å². The number of furan rings is 1. The lowest BCUT2D eigenvalue weighted by atomic mass is 10.2.